The van der Waals surface area contributed by atoms with Crippen LogP contribution in [0.3, 0.4) is 0 Å². The van der Waals surface area contributed by atoms with E-state index in [1.807, 2.05) is 6.07 Å². The molecule has 9 heteroatoms. The van der Waals surface area contributed by atoms with Crippen LogP contribution < -0.4 is 5.32 Å². The number of rotatable bonds is 4. The third-order valence-corrected chi connectivity index (χ3v) is 6.37. The molecule has 1 N–H and O–H groups in total. The van der Waals surface area contributed by atoms with E-state index in [1.165, 1.54) is 23.4 Å². The average molecular weight is 398 g/mol. The summed E-state index contributed by atoms with van der Waals surface area (Å²) in [5, 5.41) is 11.7. The summed E-state index contributed by atoms with van der Waals surface area (Å²) >= 11 is 0. The molecule has 28 heavy (non-hydrogen) atoms. The quantitative estimate of drug-likeness (QED) is 0.832. The van der Waals surface area contributed by atoms with Crippen LogP contribution in [-0.4, -0.2) is 54.7 Å². The molecule has 1 aromatic heterocycles. The number of benzene rings is 1. The van der Waals surface area contributed by atoms with E-state index in [0.29, 0.717) is 17.7 Å². The fourth-order valence-electron chi connectivity index (χ4n) is 3.02. The highest BCUT2D eigenvalue weighted by Crippen LogP contribution is 2.19. The van der Waals surface area contributed by atoms with Crippen molar-refractivity contribution in [1.82, 2.24) is 9.88 Å². The number of carbonyl (C=O) groups excluding carboxylic acids is 2. The van der Waals surface area contributed by atoms with E-state index in [0.717, 1.165) is 0 Å². The van der Waals surface area contributed by atoms with Gasteiger partial charge in [-0.1, -0.05) is 12.1 Å². The van der Waals surface area contributed by atoms with E-state index in [9.17, 15) is 18.0 Å². The number of aromatic nitrogens is 1. The number of pyridine rings is 1. The van der Waals surface area contributed by atoms with Gasteiger partial charge in [0.2, 0.25) is 0 Å². The van der Waals surface area contributed by atoms with Crippen molar-refractivity contribution >= 4 is 27.3 Å². The third-order valence-electron chi connectivity index (χ3n) is 4.62. The first-order valence-corrected chi connectivity index (χ1v) is 10.4. The zero-order valence-corrected chi connectivity index (χ0v) is 15.9. The SMILES string of the molecule is CN(C(=O)c1cncc(C(=O)Nc2ccccc2C#N)c1)C1CCS(=O)(=O)C1. The molecule has 1 unspecified atom stereocenters. The fourth-order valence-corrected chi connectivity index (χ4v) is 4.79. The van der Waals surface area contributed by atoms with Crippen LogP contribution in [0.25, 0.3) is 0 Å². The predicted octanol–water partition coefficient (Wildman–Crippen LogP) is 1.46. The molecule has 1 saturated heterocycles. The van der Waals surface area contributed by atoms with Crippen molar-refractivity contribution in [2.24, 2.45) is 0 Å². The molecule has 0 spiro atoms. The fraction of sp³-hybridized carbons (Fsp3) is 0.263. The molecule has 8 nitrogen and oxygen atoms in total. The molecule has 1 aliphatic heterocycles. The molecule has 2 amide bonds. The molecule has 0 aliphatic carbocycles. The van der Waals surface area contributed by atoms with E-state index in [2.05, 4.69) is 10.3 Å². The Morgan fingerprint density at radius 3 is 2.64 bits per heavy atom. The summed E-state index contributed by atoms with van der Waals surface area (Å²) in [6.07, 6.45) is 3.05. The Labute approximate surface area is 162 Å². The minimum absolute atomic E-state index is 0.0617. The number of nitrogens with zero attached hydrogens (tertiary/aromatic N) is 3. The van der Waals surface area contributed by atoms with E-state index in [-0.39, 0.29) is 22.6 Å². The number of carbonyl (C=O) groups is 2. The van der Waals surface area contributed by atoms with Crippen molar-refractivity contribution < 1.29 is 18.0 Å². The number of nitriles is 1. The average Bonchev–Trinajstić information content (AvgIpc) is 3.07. The molecule has 1 fully saturated rings. The molecule has 2 aromatic rings. The Hall–Kier alpha value is -3.25. The number of sulfone groups is 1. The first kappa shape index (κ1) is 19.5. The molecule has 144 valence electrons. The van der Waals surface area contributed by atoms with Crippen molar-refractivity contribution in [3.05, 3.63) is 59.4 Å². The summed E-state index contributed by atoms with van der Waals surface area (Å²) in [4.78, 5) is 30.5. The van der Waals surface area contributed by atoms with Crippen molar-refractivity contribution in [2.75, 3.05) is 23.9 Å². The molecule has 1 aliphatic rings. The second kappa shape index (κ2) is 7.78. The van der Waals surface area contributed by atoms with Crippen LogP contribution >= 0.6 is 0 Å². The van der Waals surface area contributed by atoms with Crippen LogP contribution in [0.4, 0.5) is 5.69 Å². The Bertz CT molecular complexity index is 1080. The molecule has 1 aromatic carbocycles. The van der Waals surface area contributed by atoms with Gasteiger partial charge in [0.05, 0.1) is 33.9 Å². The Kier molecular flexibility index (Phi) is 5.42. The molecule has 2 heterocycles. The van der Waals surface area contributed by atoms with Crippen LogP contribution in [0.2, 0.25) is 0 Å². The molecule has 0 saturated carbocycles. The van der Waals surface area contributed by atoms with Crippen LogP contribution in [0, 0.1) is 11.3 Å². The minimum Gasteiger partial charge on any atom is -0.338 e. The van der Waals surface area contributed by atoms with Gasteiger partial charge in [0.1, 0.15) is 6.07 Å². The normalized spacial score (nSPS) is 17.5. The molecule has 1 atom stereocenters. The lowest BCUT2D eigenvalue weighted by molar-refractivity contribution is 0.0747. The van der Waals surface area contributed by atoms with Gasteiger partial charge in [-0.25, -0.2) is 8.42 Å². The topological polar surface area (TPSA) is 120 Å². The summed E-state index contributed by atoms with van der Waals surface area (Å²) in [5.74, 6) is -0.903. The number of hydrogen-bond donors (Lipinski definition) is 1. The Balaban J connectivity index is 1.77. The van der Waals surface area contributed by atoms with E-state index in [4.69, 9.17) is 5.26 Å². The lowest BCUT2D eigenvalue weighted by Crippen LogP contribution is -2.38. The van der Waals surface area contributed by atoms with Gasteiger partial charge in [-0.05, 0) is 24.6 Å². The highest BCUT2D eigenvalue weighted by atomic mass is 32.2. The lowest BCUT2D eigenvalue weighted by Gasteiger charge is -2.23. The number of anilines is 1. The zero-order chi connectivity index (χ0) is 20.3. The Morgan fingerprint density at radius 1 is 1.25 bits per heavy atom. The first-order valence-electron chi connectivity index (χ1n) is 8.54. The number of para-hydroxylation sites is 1. The number of amides is 2. The Morgan fingerprint density at radius 2 is 1.96 bits per heavy atom. The highest BCUT2D eigenvalue weighted by molar-refractivity contribution is 7.91. The molecular weight excluding hydrogens is 380 g/mol. The summed E-state index contributed by atoms with van der Waals surface area (Å²) in [6, 6.07) is 9.57. The third kappa shape index (κ3) is 4.18. The standard InChI is InChI=1S/C19H18N4O4S/c1-23(16-6-7-28(26,27)12-16)19(25)15-8-14(10-21-11-15)18(24)22-17-5-3-2-4-13(17)9-20/h2-5,8,10-11,16H,6-7,12H2,1H3,(H,22,24). The molecule has 0 radical (unpaired) electrons. The largest absolute Gasteiger partial charge is 0.338 e. The monoisotopic (exact) mass is 398 g/mol. The maximum absolute atomic E-state index is 12.7. The van der Waals surface area contributed by atoms with Crippen LogP contribution in [0.5, 0.6) is 0 Å². The first-order chi connectivity index (χ1) is 13.3. The van der Waals surface area contributed by atoms with E-state index in [1.54, 1.807) is 31.3 Å². The van der Waals surface area contributed by atoms with Crippen molar-refractivity contribution in [3.63, 3.8) is 0 Å². The summed E-state index contributed by atoms with van der Waals surface area (Å²) < 4.78 is 23.3. The summed E-state index contributed by atoms with van der Waals surface area (Å²) in [7, 11) is -1.57. The number of nitrogens with one attached hydrogen (secondary N) is 1. The predicted molar refractivity (Wildman–Crippen MR) is 102 cm³/mol. The van der Waals surface area contributed by atoms with Gasteiger partial charge < -0.3 is 10.2 Å². The van der Waals surface area contributed by atoms with Gasteiger partial charge in [0, 0.05) is 25.5 Å². The van der Waals surface area contributed by atoms with Crippen molar-refractivity contribution in [1.29, 1.82) is 5.26 Å². The van der Waals surface area contributed by atoms with Gasteiger partial charge in [-0.2, -0.15) is 5.26 Å². The van der Waals surface area contributed by atoms with E-state index >= 15 is 0 Å². The minimum atomic E-state index is -3.12. The van der Waals surface area contributed by atoms with Gasteiger partial charge in [-0.15, -0.1) is 0 Å². The zero-order valence-electron chi connectivity index (χ0n) is 15.1. The van der Waals surface area contributed by atoms with Gasteiger partial charge in [0.15, 0.2) is 9.84 Å². The maximum atomic E-state index is 12.7. The van der Waals surface area contributed by atoms with Crippen molar-refractivity contribution in [2.45, 2.75) is 12.5 Å². The van der Waals surface area contributed by atoms with E-state index < -0.39 is 27.7 Å². The smallest absolute Gasteiger partial charge is 0.257 e. The molecule has 3 rings (SSSR count). The van der Waals surface area contributed by atoms with Gasteiger partial charge >= 0.3 is 0 Å². The summed E-state index contributed by atoms with van der Waals surface area (Å²) in [5.41, 5.74) is 1.03. The van der Waals surface area contributed by atoms with Crippen LogP contribution in [0.1, 0.15) is 32.7 Å². The highest BCUT2D eigenvalue weighted by Gasteiger charge is 2.33. The maximum Gasteiger partial charge on any atom is 0.257 e. The number of hydrogen-bond acceptors (Lipinski definition) is 6. The van der Waals surface area contributed by atoms with Crippen LogP contribution in [0.15, 0.2) is 42.7 Å². The van der Waals surface area contributed by atoms with Crippen molar-refractivity contribution in [3.8, 4) is 6.07 Å². The van der Waals surface area contributed by atoms with Gasteiger partial charge in [-0.3, -0.25) is 14.6 Å². The van der Waals surface area contributed by atoms with Crippen LogP contribution in [-0.2, 0) is 9.84 Å². The van der Waals surface area contributed by atoms with Gasteiger partial charge in [0.25, 0.3) is 11.8 Å². The molecule has 0 bridgehead atoms. The summed E-state index contributed by atoms with van der Waals surface area (Å²) in [6.45, 7) is 0. The second-order valence-corrected chi connectivity index (χ2v) is 8.78. The second-order valence-electron chi connectivity index (χ2n) is 6.55. The molecular formula is C19H18N4O4S. The lowest BCUT2D eigenvalue weighted by atomic mass is 10.1.